The summed E-state index contributed by atoms with van der Waals surface area (Å²) in [4.78, 5) is 13.9. The van der Waals surface area contributed by atoms with Crippen LogP contribution in [-0.2, 0) is 0 Å². The Bertz CT molecular complexity index is 288. The van der Waals surface area contributed by atoms with Crippen molar-refractivity contribution < 1.29 is 15.0 Å². The highest BCUT2D eigenvalue weighted by Gasteiger charge is 2.31. The number of carbonyl (C=O) groups excluding carboxylic acids is 1. The molecule has 1 aliphatic carbocycles. The molecule has 110 valence electrons. The van der Waals surface area contributed by atoms with Gasteiger partial charge in [-0.05, 0) is 31.1 Å². The van der Waals surface area contributed by atoms with E-state index < -0.39 is 0 Å². The lowest BCUT2D eigenvalue weighted by Gasteiger charge is -2.21. The minimum absolute atomic E-state index is 0.00129. The standard InChI is InChI=1S/C14H26N2O3/c17-9-13(10-18)12-5-6-16(8-12)14(19)15-7-11-3-1-2-4-11/h11-13,17-18H,1-10H2,(H,15,19). The van der Waals surface area contributed by atoms with Crippen LogP contribution in [0.2, 0.25) is 0 Å². The van der Waals surface area contributed by atoms with E-state index in [1.165, 1.54) is 25.7 Å². The Morgan fingerprint density at radius 1 is 1.21 bits per heavy atom. The summed E-state index contributed by atoms with van der Waals surface area (Å²) in [6.45, 7) is 2.18. The van der Waals surface area contributed by atoms with Crippen LogP contribution < -0.4 is 5.32 Å². The number of carbonyl (C=O) groups is 1. The van der Waals surface area contributed by atoms with Gasteiger partial charge in [-0.1, -0.05) is 12.8 Å². The van der Waals surface area contributed by atoms with Gasteiger partial charge in [-0.3, -0.25) is 0 Å². The number of amides is 2. The number of urea groups is 1. The monoisotopic (exact) mass is 270 g/mol. The molecular formula is C14H26N2O3. The van der Waals surface area contributed by atoms with Crippen molar-refractivity contribution in [3.05, 3.63) is 0 Å². The first-order valence-electron chi connectivity index (χ1n) is 7.49. The zero-order chi connectivity index (χ0) is 13.7. The molecule has 5 nitrogen and oxygen atoms in total. The van der Waals surface area contributed by atoms with Gasteiger partial charge in [0.1, 0.15) is 0 Å². The number of nitrogens with zero attached hydrogens (tertiary/aromatic N) is 1. The van der Waals surface area contributed by atoms with Gasteiger partial charge in [0.15, 0.2) is 0 Å². The first-order chi connectivity index (χ1) is 9.24. The smallest absolute Gasteiger partial charge is 0.317 e. The Morgan fingerprint density at radius 2 is 1.89 bits per heavy atom. The van der Waals surface area contributed by atoms with Crippen LogP contribution in [0.15, 0.2) is 0 Å². The Hall–Kier alpha value is -0.810. The van der Waals surface area contributed by atoms with Crippen molar-refractivity contribution in [2.24, 2.45) is 17.8 Å². The van der Waals surface area contributed by atoms with Gasteiger partial charge in [0.05, 0.1) is 0 Å². The maximum atomic E-state index is 12.0. The Labute approximate surface area is 115 Å². The van der Waals surface area contributed by atoms with Crippen LogP contribution in [0.5, 0.6) is 0 Å². The van der Waals surface area contributed by atoms with Crippen molar-refractivity contribution in [3.8, 4) is 0 Å². The molecule has 2 amide bonds. The second-order valence-electron chi connectivity index (χ2n) is 5.96. The van der Waals surface area contributed by atoms with Crippen molar-refractivity contribution in [2.45, 2.75) is 32.1 Å². The first-order valence-corrected chi connectivity index (χ1v) is 7.49. The largest absolute Gasteiger partial charge is 0.396 e. The van der Waals surface area contributed by atoms with Gasteiger partial charge in [0, 0.05) is 38.8 Å². The van der Waals surface area contributed by atoms with Crippen LogP contribution in [0, 0.1) is 17.8 Å². The van der Waals surface area contributed by atoms with E-state index in [4.69, 9.17) is 0 Å². The summed E-state index contributed by atoms with van der Waals surface area (Å²) < 4.78 is 0. The van der Waals surface area contributed by atoms with E-state index in [0.717, 1.165) is 19.5 Å². The van der Waals surface area contributed by atoms with E-state index in [1.54, 1.807) is 0 Å². The summed E-state index contributed by atoms with van der Waals surface area (Å²) in [5.74, 6) is 0.796. The molecule has 1 saturated carbocycles. The van der Waals surface area contributed by atoms with E-state index in [9.17, 15) is 15.0 Å². The lowest BCUT2D eigenvalue weighted by molar-refractivity contribution is 0.108. The lowest BCUT2D eigenvalue weighted by Crippen LogP contribution is -2.41. The predicted octanol–water partition coefficient (Wildman–Crippen LogP) is 0.809. The fourth-order valence-electron chi connectivity index (χ4n) is 3.27. The third kappa shape index (κ3) is 3.83. The molecular weight excluding hydrogens is 244 g/mol. The Morgan fingerprint density at radius 3 is 2.53 bits per heavy atom. The number of likely N-dealkylation sites (tertiary alicyclic amines) is 1. The maximum absolute atomic E-state index is 12.0. The average molecular weight is 270 g/mol. The van der Waals surface area contributed by atoms with Crippen LogP contribution in [0.4, 0.5) is 4.79 Å². The molecule has 19 heavy (non-hydrogen) atoms. The molecule has 1 unspecified atom stereocenters. The topological polar surface area (TPSA) is 72.8 Å². The molecule has 0 spiro atoms. The van der Waals surface area contributed by atoms with E-state index in [-0.39, 0.29) is 31.1 Å². The Balaban J connectivity index is 1.71. The molecule has 0 radical (unpaired) electrons. The summed E-state index contributed by atoms with van der Waals surface area (Å²) in [5.41, 5.74) is 0. The van der Waals surface area contributed by atoms with Crippen molar-refractivity contribution in [1.82, 2.24) is 10.2 Å². The van der Waals surface area contributed by atoms with Crippen molar-refractivity contribution >= 4 is 6.03 Å². The molecule has 2 aliphatic rings. The SMILES string of the molecule is O=C(NCC1CCCC1)N1CCC(C(CO)CO)C1. The van der Waals surface area contributed by atoms with Gasteiger partial charge in [-0.25, -0.2) is 4.79 Å². The zero-order valence-electron chi connectivity index (χ0n) is 11.6. The van der Waals surface area contributed by atoms with E-state index in [1.807, 2.05) is 4.90 Å². The maximum Gasteiger partial charge on any atom is 0.317 e. The van der Waals surface area contributed by atoms with Crippen LogP contribution in [0.3, 0.4) is 0 Å². The molecule has 1 aliphatic heterocycles. The molecule has 0 aromatic rings. The average Bonchev–Trinajstić information content (AvgIpc) is 3.09. The molecule has 3 N–H and O–H groups in total. The first kappa shape index (κ1) is 14.6. The molecule has 5 heteroatoms. The van der Waals surface area contributed by atoms with Crippen LogP contribution in [0.25, 0.3) is 0 Å². The highest BCUT2D eigenvalue weighted by atomic mass is 16.3. The molecule has 2 rings (SSSR count). The minimum Gasteiger partial charge on any atom is -0.396 e. The summed E-state index contributed by atoms with van der Waals surface area (Å²) in [7, 11) is 0. The van der Waals surface area contributed by atoms with Crippen molar-refractivity contribution in [3.63, 3.8) is 0 Å². The van der Waals surface area contributed by atoms with Gasteiger partial charge >= 0.3 is 6.03 Å². The molecule has 1 atom stereocenters. The minimum atomic E-state index is -0.0902. The number of rotatable bonds is 5. The number of aliphatic hydroxyl groups excluding tert-OH is 2. The van der Waals surface area contributed by atoms with Crippen LogP contribution in [-0.4, -0.2) is 54.0 Å². The molecule has 2 fully saturated rings. The van der Waals surface area contributed by atoms with E-state index in [0.29, 0.717) is 12.5 Å². The fourth-order valence-corrected chi connectivity index (χ4v) is 3.27. The van der Waals surface area contributed by atoms with E-state index >= 15 is 0 Å². The van der Waals surface area contributed by atoms with Crippen molar-refractivity contribution in [2.75, 3.05) is 32.8 Å². The quantitative estimate of drug-likeness (QED) is 0.692. The summed E-state index contributed by atoms with van der Waals surface area (Å²) in [5, 5.41) is 21.4. The van der Waals surface area contributed by atoms with Gasteiger partial charge in [0.25, 0.3) is 0 Å². The second kappa shape index (κ2) is 7.10. The predicted molar refractivity (Wildman–Crippen MR) is 72.7 cm³/mol. The Kier molecular flexibility index (Phi) is 5.45. The van der Waals surface area contributed by atoms with Gasteiger partial charge in [-0.2, -0.15) is 0 Å². The third-order valence-corrected chi connectivity index (χ3v) is 4.66. The second-order valence-corrected chi connectivity index (χ2v) is 5.96. The number of hydrogen-bond acceptors (Lipinski definition) is 3. The highest BCUT2D eigenvalue weighted by Crippen LogP contribution is 2.25. The highest BCUT2D eigenvalue weighted by molar-refractivity contribution is 5.74. The molecule has 0 aromatic carbocycles. The van der Waals surface area contributed by atoms with Gasteiger partial charge in [-0.15, -0.1) is 0 Å². The number of hydrogen-bond donors (Lipinski definition) is 3. The fraction of sp³-hybridized carbons (Fsp3) is 0.929. The summed E-state index contributed by atoms with van der Waals surface area (Å²) in [6, 6.07) is 0.0176. The normalized spacial score (nSPS) is 24.4. The summed E-state index contributed by atoms with van der Waals surface area (Å²) >= 11 is 0. The van der Waals surface area contributed by atoms with Crippen LogP contribution in [0.1, 0.15) is 32.1 Å². The van der Waals surface area contributed by atoms with Gasteiger partial charge < -0.3 is 20.4 Å². The van der Waals surface area contributed by atoms with E-state index in [2.05, 4.69) is 5.32 Å². The van der Waals surface area contributed by atoms with Crippen molar-refractivity contribution in [1.29, 1.82) is 0 Å². The molecule has 1 saturated heterocycles. The number of nitrogens with one attached hydrogen (secondary N) is 1. The molecule has 0 aromatic heterocycles. The molecule has 0 bridgehead atoms. The lowest BCUT2D eigenvalue weighted by atomic mass is 9.93. The summed E-state index contributed by atoms with van der Waals surface area (Å²) in [6.07, 6.45) is 5.94. The van der Waals surface area contributed by atoms with Crippen LogP contribution >= 0.6 is 0 Å². The molecule has 1 heterocycles. The third-order valence-electron chi connectivity index (χ3n) is 4.66. The zero-order valence-corrected chi connectivity index (χ0v) is 11.6. The number of aliphatic hydroxyl groups is 2. The van der Waals surface area contributed by atoms with Gasteiger partial charge in [0.2, 0.25) is 0 Å².